The summed E-state index contributed by atoms with van der Waals surface area (Å²) >= 11 is 0. The van der Waals surface area contributed by atoms with E-state index in [1.165, 1.54) is 0 Å². The van der Waals surface area contributed by atoms with Gasteiger partial charge in [0.25, 0.3) is 0 Å². The van der Waals surface area contributed by atoms with Gasteiger partial charge in [0.1, 0.15) is 5.75 Å². The molecule has 0 radical (unpaired) electrons. The number of carboxylic acid groups (broad SMARTS) is 2. The lowest BCUT2D eigenvalue weighted by molar-refractivity contribution is 0.0696. The predicted molar refractivity (Wildman–Crippen MR) is 42.0 cm³/mol. The van der Waals surface area contributed by atoms with Crippen LogP contribution in [0.5, 0.6) is 5.75 Å². The smallest absolute Gasteiger partial charge is 0.335 e. The fraction of sp³-hybridized carbons (Fsp3) is 0. The van der Waals surface area contributed by atoms with Crippen molar-refractivity contribution in [3.05, 3.63) is 29.3 Å². The Bertz CT molecular complexity index is 337. The monoisotopic (exact) mass is 182 g/mol. The van der Waals surface area contributed by atoms with E-state index < -0.39 is 11.9 Å². The van der Waals surface area contributed by atoms with Gasteiger partial charge in [-0.3, -0.25) is 0 Å². The quantitative estimate of drug-likeness (QED) is 0.628. The maximum Gasteiger partial charge on any atom is 0.335 e. The summed E-state index contributed by atoms with van der Waals surface area (Å²) in [6.07, 6.45) is 0. The third-order valence-electron chi connectivity index (χ3n) is 1.41. The Morgan fingerprint density at radius 1 is 0.923 bits per heavy atom. The van der Waals surface area contributed by atoms with Crippen LogP contribution in [0, 0.1) is 0 Å². The number of benzene rings is 1. The number of phenols is 1. The molecule has 0 fully saturated rings. The molecule has 0 aliphatic heterocycles. The number of aromatic carboxylic acids is 2. The van der Waals surface area contributed by atoms with Gasteiger partial charge in [-0.2, -0.15) is 0 Å². The molecule has 0 saturated carbocycles. The Hall–Kier alpha value is -2.04. The molecule has 0 atom stereocenters. The summed E-state index contributed by atoms with van der Waals surface area (Å²) in [6.45, 7) is 0. The average Bonchev–Trinajstić information content (AvgIpc) is 2.03. The highest BCUT2D eigenvalue weighted by atomic mass is 16.4. The van der Waals surface area contributed by atoms with Gasteiger partial charge in [-0.1, -0.05) is 0 Å². The zero-order valence-electron chi connectivity index (χ0n) is 6.39. The molecule has 13 heavy (non-hydrogen) atoms. The van der Waals surface area contributed by atoms with E-state index in [1.54, 1.807) is 0 Å². The zero-order chi connectivity index (χ0) is 10.0. The molecule has 5 nitrogen and oxygen atoms in total. The molecule has 3 N–H and O–H groups in total. The number of hydrogen-bond donors (Lipinski definition) is 3. The van der Waals surface area contributed by atoms with Gasteiger partial charge in [-0.05, 0) is 18.2 Å². The summed E-state index contributed by atoms with van der Waals surface area (Å²) in [4.78, 5) is 20.8. The van der Waals surface area contributed by atoms with Crippen LogP contribution < -0.4 is 0 Å². The molecule has 0 saturated heterocycles. The van der Waals surface area contributed by atoms with Crippen molar-refractivity contribution < 1.29 is 24.9 Å². The number of carboxylic acids is 2. The molecule has 1 rings (SSSR count). The number of carbonyl (C=O) groups is 2. The Morgan fingerprint density at radius 2 is 1.31 bits per heavy atom. The van der Waals surface area contributed by atoms with Gasteiger partial charge in [0.15, 0.2) is 0 Å². The number of rotatable bonds is 2. The highest BCUT2D eigenvalue weighted by Gasteiger charge is 2.10. The first-order valence-electron chi connectivity index (χ1n) is 3.31. The standard InChI is InChI=1S/C8H6O5/c9-6-2-4(7(10)11)1-5(3-6)8(12)13/h1-3,9H,(H,10,11)(H,12,13). The van der Waals surface area contributed by atoms with Gasteiger partial charge < -0.3 is 15.3 Å². The normalized spacial score (nSPS) is 9.54. The zero-order valence-corrected chi connectivity index (χ0v) is 6.39. The summed E-state index contributed by atoms with van der Waals surface area (Å²) in [5, 5.41) is 26.0. The van der Waals surface area contributed by atoms with Crippen molar-refractivity contribution in [1.29, 1.82) is 0 Å². The maximum atomic E-state index is 10.4. The molecule has 1 aromatic rings. The molecule has 1 aromatic carbocycles. The highest BCUT2D eigenvalue weighted by Crippen LogP contribution is 2.15. The first-order chi connectivity index (χ1) is 6.00. The van der Waals surface area contributed by atoms with Gasteiger partial charge in [0, 0.05) is 0 Å². The molecule has 0 aromatic heterocycles. The molecule has 0 amide bonds. The van der Waals surface area contributed by atoms with Crippen LogP contribution in [0.4, 0.5) is 0 Å². The van der Waals surface area contributed by atoms with E-state index in [4.69, 9.17) is 15.3 Å². The van der Waals surface area contributed by atoms with Crippen LogP contribution in [0.3, 0.4) is 0 Å². The van der Waals surface area contributed by atoms with Crippen molar-refractivity contribution in [2.24, 2.45) is 0 Å². The summed E-state index contributed by atoms with van der Waals surface area (Å²) in [5.74, 6) is -2.94. The van der Waals surface area contributed by atoms with Crippen molar-refractivity contribution in [1.82, 2.24) is 0 Å². The predicted octanol–water partition coefficient (Wildman–Crippen LogP) is 0.789. The minimum absolute atomic E-state index is 0.252. The second kappa shape index (κ2) is 3.14. The Kier molecular flexibility index (Phi) is 2.19. The van der Waals surface area contributed by atoms with Gasteiger partial charge in [-0.15, -0.1) is 0 Å². The molecule has 0 spiro atoms. The van der Waals surface area contributed by atoms with Crippen LogP contribution in [0.1, 0.15) is 20.7 Å². The first-order valence-corrected chi connectivity index (χ1v) is 3.31. The van der Waals surface area contributed by atoms with Gasteiger partial charge >= 0.3 is 11.9 Å². The molecule has 0 aliphatic rings. The lowest BCUT2D eigenvalue weighted by Gasteiger charge is -1.98. The van der Waals surface area contributed by atoms with Crippen molar-refractivity contribution in [3.8, 4) is 5.75 Å². The lowest BCUT2D eigenvalue weighted by Crippen LogP contribution is -2.01. The minimum Gasteiger partial charge on any atom is -0.508 e. The van der Waals surface area contributed by atoms with Crippen LogP contribution in [-0.2, 0) is 0 Å². The van der Waals surface area contributed by atoms with E-state index in [1.807, 2.05) is 0 Å². The first kappa shape index (κ1) is 9.05. The third-order valence-corrected chi connectivity index (χ3v) is 1.41. The second-order valence-electron chi connectivity index (χ2n) is 2.38. The maximum absolute atomic E-state index is 10.4. The average molecular weight is 182 g/mol. The molecule has 0 bridgehead atoms. The molecule has 0 heterocycles. The Labute approximate surface area is 72.9 Å². The summed E-state index contributed by atoms with van der Waals surface area (Å²) in [6, 6.07) is 2.94. The lowest BCUT2D eigenvalue weighted by atomic mass is 10.1. The number of aromatic hydroxyl groups is 1. The van der Waals surface area contributed by atoms with Gasteiger partial charge in [-0.25, -0.2) is 9.59 Å². The van der Waals surface area contributed by atoms with E-state index in [0.717, 1.165) is 18.2 Å². The number of hydrogen-bond acceptors (Lipinski definition) is 3. The van der Waals surface area contributed by atoms with E-state index in [9.17, 15) is 9.59 Å². The van der Waals surface area contributed by atoms with Gasteiger partial charge in [0.05, 0.1) is 11.1 Å². The minimum atomic E-state index is -1.28. The van der Waals surface area contributed by atoms with E-state index in [-0.39, 0.29) is 16.9 Å². The molecule has 0 aliphatic carbocycles. The summed E-state index contributed by atoms with van der Waals surface area (Å²) < 4.78 is 0. The molecular weight excluding hydrogens is 176 g/mol. The molecule has 68 valence electrons. The fourth-order valence-electron chi connectivity index (χ4n) is 0.858. The van der Waals surface area contributed by atoms with Crippen LogP contribution in [0.2, 0.25) is 0 Å². The van der Waals surface area contributed by atoms with Crippen LogP contribution in [0.15, 0.2) is 18.2 Å². The van der Waals surface area contributed by atoms with Crippen LogP contribution in [0.25, 0.3) is 0 Å². The number of phenolic OH excluding ortho intramolecular Hbond substituents is 1. The highest BCUT2D eigenvalue weighted by molar-refractivity contribution is 5.94. The summed E-state index contributed by atoms with van der Waals surface area (Å²) in [5.41, 5.74) is -0.505. The largest absolute Gasteiger partial charge is 0.508 e. The van der Waals surface area contributed by atoms with E-state index in [0.29, 0.717) is 0 Å². The molecule has 0 unspecified atom stereocenters. The van der Waals surface area contributed by atoms with Crippen LogP contribution in [-0.4, -0.2) is 27.3 Å². The van der Waals surface area contributed by atoms with Crippen molar-refractivity contribution in [2.45, 2.75) is 0 Å². The van der Waals surface area contributed by atoms with Crippen molar-refractivity contribution >= 4 is 11.9 Å². The van der Waals surface area contributed by atoms with Crippen molar-refractivity contribution in [2.75, 3.05) is 0 Å². The van der Waals surface area contributed by atoms with Crippen molar-refractivity contribution in [3.63, 3.8) is 0 Å². The van der Waals surface area contributed by atoms with E-state index >= 15 is 0 Å². The Balaban J connectivity index is 3.26. The third kappa shape index (κ3) is 1.96. The van der Waals surface area contributed by atoms with Crippen LogP contribution >= 0.6 is 0 Å². The second-order valence-corrected chi connectivity index (χ2v) is 2.38. The van der Waals surface area contributed by atoms with E-state index in [2.05, 4.69) is 0 Å². The summed E-state index contributed by atoms with van der Waals surface area (Å²) in [7, 11) is 0. The fourth-order valence-corrected chi connectivity index (χ4v) is 0.858. The van der Waals surface area contributed by atoms with Gasteiger partial charge in [0.2, 0.25) is 0 Å². The Morgan fingerprint density at radius 3 is 1.62 bits per heavy atom. The SMILES string of the molecule is O=C(O)c1cc(O)cc(C(=O)O)c1. The topological polar surface area (TPSA) is 94.8 Å². The molecule has 5 heteroatoms. The molecular formula is C8H6O5.